The number of nitrogens with one attached hydrogen (secondary N) is 1. The zero-order chi connectivity index (χ0) is 15.2. The van der Waals surface area contributed by atoms with Crippen molar-refractivity contribution in [3.8, 4) is 0 Å². The Morgan fingerprint density at radius 2 is 2.14 bits per heavy atom. The number of halogens is 2. The van der Waals surface area contributed by atoms with Crippen LogP contribution in [0.15, 0.2) is 42.7 Å². The first kappa shape index (κ1) is 15.1. The molecule has 4 nitrogen and oxygen atoms in total. The zero-order valence-corrected chi connectivity index (χ0v) is 11.5. The number of anilines is 1. The molecule has 2 rings (SSSR count). The van der Waals surface area contributed by atoms with Gasteiger partial charge >= 0.3 is 0 Å². The molecule has 1 N–H and O–H groups in total. The van der Waals surface area contributed by atoms with Gasteiger partial charge in [-0.25, -0.2) is 8.78 Å². The first-order valence-corrected chi connectivity index (χ1v) is 6.37. The van der Waals surface area contributed by atoms with Gasteiger partial charge in [0, 0.05) is 24.4 Å². The topological polar surface area (TPSA) is 45.2 Å². The van der Waals surface area contributed by atoms with Gasteiger partial charge in [0.1, 0.15) is 11.6 Å². The molecule has 0 unspecified atom stereocenters. The Kier molecular flexibility index (Phi) is 4.94. The van der Waals surface area contributed by atoms with Crippen molar-refractivity contribution in [2.75, 3.05) is 18.9 Å². The Bertz CT molecular complexity index is 620. The minimum atomic E-state index is -0.617. The molecule has 21 heavy (non-hydrogen) atoms. The third kappa shape index (κ3) is 4.61. The number of amides is 1. The second-order valence-corrected chi connectivity index (χ2v) is 4.70. The smallest absolute Gasteiger partial charge is 0.238 e. The molecule has 0 saturated heterocycles. The molecule has 2 aromatic rings. The standard InChI is InChI=1S/C15H15F2N3O/c1-20(9-11-4-5-12(16)7-14(11)17)10-15(21)19-13-3-2-6-18-8-13/h2-8H,9-10H2,1H3,(H,19,21). The highest BCUT2D eigenvalue weighted by atomic mass is 19.1. The normalized spacial score (nSPS) is 10.7. The van der Waals surface area contributed by atoms with Crippen molar-refractivity contribution in [3.05, 3.63) is 59.9 Å². The van der Waals surface area contributed by atoms with Gasteiger partial charge in [-0.3, -0.25) is 14.7 Å². The molecule has 0 spiro atoms. The summed E-state index contributed by atoms with van der Waals surface area (Å²) >= 11 is 0. The molecule has 110 valence electrons. The summed E-state index contributed by atoms with van der Waals surface area (Å²) in [5.74, 6) is -1.46. The number of hydrogen-bond donors (Lipinski definition) is 1. The maximum Gasteiger partial charge on any atom is 0.238 e. The molecular formula is C15H15F2N3O. The lowest BCUT2D eigenvalue weighted by Crippen LogP contribution is -2.30. The van der Waals surface area contributed by atoms with Crippen LogP contribution in [0.25, 0.3) is 0 Å². The highest BCUT2D eigenvalue weighted by Gasteiger charge is 2.10. The molecule has 0 saturated carbocycles. The monoisotopic (exact) mass is 291 g/mol. The van der Waals surface area contributed by atoms with Crippen LogP contribution in [0, 0.1) is 11.6 Å². The van der Waals surface area contributed by atoms with Gasteiger partial charge in [-0.1, -0.05) is 6.07 Å². The zero-order valence-electron chi connectivity index (χ0n) is 11.5. The number of nitrogens with zero attached hydrogens (tertiary/aromatic N) is 2. The predicted molar refractivity (Wildman–Crippen MR) is 75.6 cm³/mol. The number of benzene rings is 1. The lowest BCUT2D eigenvalue weighted by atomic mass is 10.2. The van der Waals surface area contributed by atoms with Gasteiger partial charge in [-0.15, -0.1) is 0 Å². The van der Waals surface area contributed by atoms with E-state index in [9.17, 15) is 13.6 Å². The van der Waals surface area contributed by atoms with Crippen LogP contribution in [0.2, 0.25) is 0 Å². The molecule has 6 heteroatoms. The number of carbonyl (C=O) groups is 1. The lowest BCUT2D eigenvalue weighted by Gasteiger charge is -2.16. The quantitative estimate of drug-likeness (QED) is 0.920. The average Bonchev–Trinajstić information content (AvgIpc) is 2.43. The van der Waals surface area contributed by atoms with Crippen LogP contribution in [0.5, 0.6) is 0 Å². The Morgan fingerprint density at radius 3 is 2.81 bits per heavy atom. The fraction of sp³-hybridized carbons (Fsp3) is 0.200. The van der Waals surface area contributed by atoms with Gasteiger partial charge in [0.2, 0.25) is 5.91 Å². The molecular weight excluding hydrogens is 276 g/mol. The highest BCUT2D eigenvalue weighted by molar-refractivity contribution is 5.91. The third-order valence-corrected chi connectivity index (χ3v) is 2.81. The van der Waals surface area contributed by atoms with Crippen LogP contribution in [0.1, 0.15) is 5.56 Å². The fourth-order valence-electron chi connectivity index (χ4n) is 1.88. The number of likely N-dealkylation sites (N-methyl/N-ethyl adjacent to an activating group) is 1. The van der Waals surface area contributed by atoms with E-state index in [0.717, 1.165) is 6.07 Å². The van der Waals surface area contributed by atoms with Gasteiger partial charge in [0.15, 0.2) is 0 Å². The van der Waals surface area contributed by atoms with Gasteiger partial charge in [0.05, 0.1) is 18.4 Å². The van der Waals surface area contributed by atoms with Crippen molar-refractivity contribution < 1.29 is 13.6 Å². The maximum atomic E-state index is 13.5. The fourth-order valence-corrected chi connectivity index (χ4v) is 1.88. The van der Waals surface area contributed by atoms with Crippen molar-refractivity contribution in [2.24, 2.45) is 0 Å². The van der Waals surface area contributed by atoms with Crippen molar-refractivity contribution in [1.29, 1.82) is 0 Å². The Balaban J connectivity index is 1.89. The minimum absolute atomic E-state index is 0.0890. The first-order chi connectivity index (χ1) is 10.0. The summed E-state index contributed by atoms with van der Waals surface area (Å²) in [6, 6.07) is 6.85. The summed E-state index contributed by atoms with van der Waals surface area (Å²) in [6.07, 6.45) is 3.15. The molecule has 1 aromatic heterocycles. The summed E-state index contributed by atoms with van der Waals surface area (Å²) < 4.78 is 26.3. The molecule has 0 atom stereocenters. The van der Waals surface area contributed by atoms with Crippen LogP contribution in [-0.4, -0.2) is 29.4 Å². The van der Waals surface area contributed by atoms with E-state index < -0.39 is 11.6 Å². The van der Waals surface area contributed by atoms with E-state index in [0.29, 0.717) is 11.3 Å². The molecule has 1 amide bonds. The Morgan fingerprint density at radius 1 is 1.33 bits per heavy atom. The van der Waals surface area contributed by atoms with E-state index in [2.05, 4.69) is 10.3 Å². The lowest BCUT2D eigenvalue weighted by molar-refractivity contribution is -0.117. The molecule has 0 bridgehead atoms. The van der Waals surface area contributed by atoms with Crippen molar-refractivity contribution in [3.63, 3.8) is 0 Å². The molecule has 0 aliphatic rings. The predicted octanol–water partition coefficient (Wildman–Crippen LogP) is 2.43. The number of aromatic nitrogens is 1. The van der Waals surface area contributed by atoms with Crippen molar-refractivity contribution >= 4 is 11.6 Å². The van der Waals surface area contributed by atoms with Crippen LogP contribution >= 0.6 is 0 Å². The van der Waals surface area contributed by atoms with E-state index in [1.807, 2.05) is 0 Å². The summed E-state index contributed by atoms with van der Waals surface area (Å²) in [5.41, 5.74) is 0.942. The second kappa shape index (κ2) is 6.90. The number of rotatable bonds is 5. The van der Waals surface area contributed by atoms with Gasteiger partial charge < -0.3 is 5.32 Å². The summed E-state index contributed by atoms with van der Waals surface area (Å²) in [6.45, 7) is 0.304. The highest BCUT2D eigenvalue weighted by Crippen LogP contribution is 2.11. The van der Waals surface area contributed by atoms with Crippen LogP contribution in [-0.2, 0) is 11.3 Å². The van der Waals surface area contributed by atoms with Crippen LogP contribution < -0.4 is 5.32 Å². The summed E-state index contributed by atoms with van der Waals surface area (Å²) in [5, 5.41) is 2.69. The number of pyridine rings is 1. The largest absolute Gasteiger partial charge is 0.324 e. The Hall–Kier alpha value is -2.34. The van der Waals surface area contributed by atoms with Crippen LogP contribution in [0.3, 0.4) is 0 Å². The molecule has 1 aromatic carbocycles. The first-order valence-electron chi connectivity index (χ1n) is 6.37. The van der Waals surface area contributed by atoms with Crippen molar-refractivity contribution in [2.45, 2.75) is 6.54 Å². The molecule has 0 fully saturated rings. The molecule has 1 heterocycles. The minimum Gasteiger partial charge on any atom is -0.324 e. The number of carbonyl (C=O) groups excluding carboxylic acids is 1. The van der Waals surface area contributed by atoms with Gasteiger partial charge in [-0.2, -0.15) is 0 Å². The van der Waals surface area contributed by atoms with E-state index in [4.69, 9.17) is 0 Å². The second-order valence-electron chi connectivity index (χ2n) is 4.70. The van der Waals surface area contributed by atoms with Gasteiger partial charge in [-0.05, 0) is 25.2 Å². The number of hydrogen-bond acceptors (Lipinski definition) is 3. The molecule has 0 radical (unpaired) electrons. The Labute approximate surface area is 121 Å². The van der Waals surface area contributed by atoms with E-state index >= 15 is 0 Å². The maximum absolute atomic E-state index is 13.5. The van der Waals surface area contributed by atoms with E-state index in [-0.39, 0.29) is 19.0 Å². The van der Waals surface area contributed by atoms with Crippen LogP contribution in [0.4, 0.5) is 14.5 Å². The summed E-state index contributed by atoms with van der Waals surface area (Å²) in [4.78, 5) is 17.3. The average molecular weight is 291 g/mol. The SMILES string of the molecule is CN(CC(=O)Nc1cccnc1)Cc1ccc(F)cc1F. The molecule has 0 aliphatic heterocycles. The van der Waals surface area contributed by atoms with E-state index in [1.54, 1.807) is 30.3 Å². The van der Waals surface area contributed by atoms with Gasteiger partial charge in [0.25, 0.3) is 0 Å². The van der Waals surface area contributed by atoms with E-state index in [1.165, 1.54) is 18.3 Å². The van der Waals surface area contributed by atoms with Crippen molar-refractivity contribution in [1.82, 2.24) is 9.88 Å². The molecule has 0 aliphatic carbocycles. The summed E-state index contributed by atoms with van der Waals surface area (Å²) in [7, 11) is 1.69. The third-order valence-electron chi connectivity index (χ3n) is 2.81.